The van der Waals surface area contributed by atoms with Crippen LogP contribution in [0.2, 0.25) is 0 Å². The minimum absolute atomic E-state index is 0.158. The van der Waals surface area contributed by atoms with Crippen LogP contribution < -0.4 is 10.1 Å². The lowest BCUT2D eigenvalue weighted by atomic mass is 10.0. The molecule has 3 heterocycles. The first-order valence-corrected chi connectivity index (χ1v) is 14.2. The van der Waals surface area contributed by atoms with E-state index in [9.17, 15) is 9.90 Å². The third-order valence-corrected chi connectivity index (χ3v) is 6.64. The number of aromatic nitrogens is 2. The van der Waals surface area contributed by atoms with Crippen molar-refractivity contribution in [2.45, 2.75) is 32.8 Å². The van der Waals surface area contributed by atoms with Crippen molar-refractivity contribution in [1.29, 1.82) is 0 Å². The number of allylic oxidation sites excluding steroid dienone is 2. The molecule has 4 rings (SSSR count). The third kappa shape index (κ3) is 8.02. The molecule has 2 aromatic heterocycles. The zero-order chi connectivity index (χ0) is 30.1. The topological polar surface area (TPSA) is 94.7 Å². The van der Waals surface area contributed by atoms with Crippen LogP contribution in [0.15, 0.2) is 71.8 Å². The van der Waals surface area contributed by atoms with Gasteiger partial charge in [-0.25, -0.2) is 4.52 Å². The Kier molecular flexibility index (Phi) is 10.0. The van der Waals surface area contributed by atoms with Crippen LogP contribution in [0.3, 0.4) is 0 Å². The summed E-state index contributed by atoms with van der Waals surface area (Å²) in [4.78, 5) is 20.9. The highest BCUT2D eigenvalue weighted by molar-refractivity contribution is 5.95. The van der Waals surface area contributed by atoms with Crippen molar-refractivity contribution in [3.63, 3.8) is 0 Å². The smallest absolute Gasteiger partial charge is 0.298 e. The number of carbonyl (C=O) groups is 1. The molecule has 9 heteroatoms. The maximum atomic E-state index is 12.8. The van der Waals surface area contributed by atoms with E-state index in [1.54, 1.807) is 42.7 Å². The van der Waals surface area contributed by atoms with Gasteiger partial charge in [0.15, 0.2) is 0 Å². The third-order valence-electron chi connectivity index (χ3n) is 6.64. The van der Waals surface area contributed by atoms with E-state index in [1.165, 1.54) is 0 Å². The average Bonchev–Trinajstić information content (AvgIpc) is 3.37. The molecule has 0 aliphatic carbocycles. The van der Waals surface area contributed by atoms with Gasteiger partial charge < -0.3 is 25.0 Å². The number of likely N-dealkylation sites (N-methyl/N-ethyl adjacent to an activating group) is 1. The van der Waals surface area contributed by atoms with Gasteiger partial charge in [-0.05, 0) is 50.1 Å². The second-order valence-electron chi connectivity index (χ2n) is 10.9. The molecule has 0 saturated carbocycles. The molecule has 0 saturated heterocycles. The van der Waals surface area contributed by atoms with Crippen LogP contribution in [0.25, 0.3) is 11.1 Å². The zero-order valence-electron chi connectivity index (χ0n) is 25.1. The predicted octanol–water partition coefficient (Wildman–Crippen LogP) is 3.58. The molecule has 0 bridgehead atoms. The maximum absolute atomic E-state index is 12.8. The molecule has 2 N–H and O–H groups in total. The Balaban J connectivity index is 1.50. The SMILES string of the molecule is CCCN(CCNC1=CC=C(c2cc(OCC(C)(C)O)cn3ncc(C=NC)c23)CN1C)C(=O)C#Cc1ccccc1. The first kappa shape index (κ1) is 30.4. The molecular formula is C33H40N6O3. The van der Waals surface area contributed by atoms with Crippen LogP contribution in [-0.2, 0) is 4.79 Å². The molecule has 0 unspecified atom stereocenters. The Morgan fingerprint density at radius 2 is 2.05 bits per heavy atom. The highest BCUT2D eigenvalue weighted by Gasteiger charge is 2.20. The standard InChI is InChI=1S/C33H40N6O3/c1-6-17-38(31(40)15-12-25-10-8-7-9-11-25)18-16-35-30-14-13-26(22-37(30)5)29-19-28(42-24-33(2,3)41)23-39-32(29)27(20-34-4)21-36-39/h7-11,13-14,19-21,23,35,41H,6,16-18,22,24H2,1-5H3. The number of aliphatic imine (C=N–C) groups is 1. The van der Waals surface area contributed by atoms with Crippen molar-refractivity contribution in [1.82, 2.24) is 24.7 Å². The van der Waals surface area contributed by atoms with E-state index >= 15 is 0 Å². The first-order chi connectivity index (χ1) is 20.2. The lowest BCUT2D eigenvalue weighted by Gasteiger charge is -2.29. The van der Waals surface area contributed by atoms with Crippen molar-refractivity contribution in [3.8, 4) is 17.6 Å². The van der Waals surface area contributed by atoms with Crippen LogP contribution in [0.4, 0.5) is 0 Å². The van der Waals surface area contributed by atoms with Crippen LogP contribution in [0.1, 0.15) is 43.9 Å². The molecule has 42 heavy (non-hydrogen) atoms. The van der Waals surface area contributed by atoms with Crippen molar-refractivity contribution in [3.05, 3.63) is 83.5 Å². The van der Waals surface area contributed by atoms with Gasteiger partial charge in [0, 0.05) is 69.1 Å². The number of fused-ring (bicyclic) bond motifs is 1. The molecule has 0 spiro atoms. The molecule has 0 radical (unpaired) electrons. The van der Waals surface area contributed by atoms with Gasteiger partial charge >= 0.3 is 0 Å². The first-order valence-electron chi connectivity index (χ1n) is 14.2. The number of aliphatic hydroxyl groups is 1. The van der Waals surface area contributed by atoms with E-state index in [4.69, 9.17) is 4.74 Å². The van der Waals surface area contributed by atoms with Crippen molar-refractivity contribution < 1.29 is 14.6 Å². The van der Waals surface area contributed by atoms with E-state index in [0.29, 0.717) is 31.9 Å². The molecule has 0 fully saturated rings. The number of hydrogen-bond donors (Lipinski definition) is 2. The predicted molar refractivity (Wildman–Crippen MR) is 167 cm³/mol. The molecule has 3 aromatic rings. The van der Waals surface area contributed by atoms with E-state index in [-0.39, 0.29) is 12.5 Å². The molecule has 1 aliphatic heterocycles. The highest BCUT2D eigenvalue weighted by atomic mass is 16.5. The average molecular weight is 569 g/mol. The van der Waals surface area contributed by atoms with Crippen LogP contribution >= 0.6 is 0 Å². The largest absolute Gasteiger partial charge is 0.489 e. The van der Waals surface area contributed by atoms with Crippen molar-refractivity contribution in [2.24, 2.45) is 4.99 Å². The number of amides is 1. The molecule has 1 aromatic carbocycles. The Morgan fingerprint density at radius 1 is 1.26 bits per heavy atom. The second-order valence-corrected chi connectivity index (χ2v) is 10.9. The number of nitrogens with zero attached hydrogens (tertiary/aromatic N) is 5. The van der Waals surface area contributed by atoms with E-state index in [1.807, 2.05) is 55.7 Å². The number of ether oxygens (including phenoxy) is 1. The summed E-state index contributed by atoms with van der Waals surface area (Å²) in [5.74, 6) is 7.17. The molecule has 220 valence electrons. The van der Waals surface area contributed by atoms with Gasteiger partial charge in [-0.15, -0.1) is 0 Å². The van der Waals surface area contributed by atoms with Gasteiger partial charge in [0.1, 0.15) is 18.2 Å². The molecule has 9 nitrogen and oxygen atoms in total. The van der Waals surface area contributed by atoms with Crippen LogP contribution in [0.5, 0.6) is 5.75 Å². The fourth-order valence-corrected chi connectivity index (χ4v) is 4.64. The van der Waals surface area contributed by atoms with Crippen molar-refractivity contribution >= 4 is 23.2 Å². The Labute approximate surface area is 248 Å². The molecular weight excluding hydrogens is 528 g/mol. The van der Waals surface area contributed by atoms with Gasteiger partial charge in [0.05, 0.1) is 23.5 Å². The lowest BCUT2D eigenvalue weighted by Crippen LogP contribution is -2.39. The van der Waals surface area contributed by atoms with Gasteiger partial charge in [0.25, 0.3) is 5.91 Å². The Morgan fingerprint density at radius 3 is 2.74 bits per heavy atom. The summed E-state index contributed by atoms with van der Waals surface area (Å²) in [6, 6.07) is 11.5. The highest BCUT2D eigenvalue weighted by Crippen LogP contribution is 2.30. The Bertz CT molecular complexity index is 1540. The normalized spacial score (nSPS) is 13.4. The number of carbonyl (C=O) groups excluding carboxylic acids is 1. The fraction of sp³-hybridized carbons (Fsp3) is 0.364. The number of pyridine rings is 1. The van der Waals surface area contributed by atoms with Gasteiger partial charge in [-0.1, -0.05) is 37.1 Å². The summed E-state index contributed by atoms with van der Waals surface area (Å²) in [7, 11) is 3.77. The lowest BCUT2D eigenvalue weighted by molar-refractivity contribution is -0.125. The zero-order valence-corrected chi connectivity index (χ0v) is 25.1. The number of benzene rings is 1. The van der Waals surface area contributed by atoms with Crippen LogP contribution in [-0.4, -0.2) is 89.1 Å². The second kappa shape index (κ2) is 13.9. The van der Waals surface area contributed by atoms with Crippen LogP contribution in [0, 0.1) is 11.8 Å². The molecule has 1 amide bonds. The maximum Gasteiger partial charge on any atom is 0.298 e. The minimum atomic E-state index is -0.960. The van der Waals surface area contributed by atoms with Gasteiger partial charge in [-0.2, -0.15) is 5.10 Å². The quantitative estimate of drug-likeness (QED) is 0.271. The number of nitrogens with one attached hydrogen (secondary N) is 1. The van der Waals surface area contributed by atoms with E-state index in [2.05, 4.69) is 45.1 Å². The number of hydrogen-bond acceptors (Lipinski definition) is 7. The van der Waals surface area contributed by atoms with Crippen molar-refractivity contribution in [2.75, 3.05) is 46.9 Å². The van der Waals surface area contributed by atoms with E-state index in [0.717, 1.165) is 40.0 Å². The molecule has 1 aliphatic rings. The summed E-state index contributed by atoms with van der Waals surface area (Å²) in [6.07, 6.45) is 10.4. The van der Waals surface area contributed by atoms with Gasteiger partial charge in [0.2, 0.25) is 0 Å². The fourth-order valence-electron chi connectivity index (χ4n) is 4.64. The Hall–Kier alpha value is -4.55. The minimum Gasteiger partial charge on any atom is -0.489 e. The van der Waals surface area contributed by atoms with Gasteiger partial charge in [-0.3, -0.25) is 9.79 Å². The summed E-state index contributed by atoms with van der Waals surface area (Å²) < 4.78 is 7.73. The summed E-state index contributed by atoms with van der Waals surface area (Å²) in [5.41, 5.74) is 3.79. The molecule has 0 atom stereocenters. The summed E-state index contributed by atoms with van der Waals surface area (Å²) >= 11 is 0. The summed E-state index contributed by atoms with van der Waals surface area (Å²) in [6.45, 7) is 8.09. The number of rotatable bonds is 11. The summed E-state index contributed by atoms with van der Waals surface area (Å²) in [5, 5.41) is 18.2. The monoisotopic (exact) mass is 568 g/mol. The van der Waals surface area contributed by atoms with E-state index < -0.39 is 5.60 Å².